The minimum atomic E-state index is -1.15. The predicted octanol–water partition coefficient (Wildman–Crippen LogP) is 0.0611. The predicted molar refractivity (Wildman–Crippen MR) is 41.1 cm³/mol. The molecule has 1 aliphatic rings. The minimum absolute atomic E-state index is 0.215. The van der Waals surface area contributed by atoms with Crippen molar-refractivity contribution in [2.24, 2.45) is 5.92 Å². The molecule has 0 aromatic carbocycles. The molecule has 0 bridgehead atoms. The van der Waals surface area contributed by atoms with E-state index in [9.17, 15) is 14.4 Å². The summed E-state index contributed by atoms with van der Waals surface area (Å²) < 4.78 is 0. The Bertz CT molecular complexity index is 282. The van der Waals surface area contributed by atoms with Crippen LogP contribution in [0.3, 0.4) is 0 Å². The zero-order chi connectivity index (χ0) is 10.0. The standard InChI is InChI=1S/C8H8O5/c9-3-5-6(10)1-4(8(12)13)2-7(5)11/h3-4,9H,1-2H2,(H,12,13). The van der Waals surface area contributed by atoms with Crippen LogP contribution in [0.25, 0.3) is 0 Å². The van der Waals surface area contributed by atoms with Crippen molar-refractivity contribution >= 4 is 17.5 Å². The molecule has 70 valence electrons. The van der Waals surface area contributed by atoms with Crippen LogP contribution >= 0.6 is 0 Å². The summed E-state index contributed by atoms with van der Waals surface area (Å²) >= 11 is 0. The maximum absolute atomic E-state index is 11.0. The van der Waals surface area contributed by atoms with Crippen LogP contribution in [0.1, 0.15) is 12.8 Å². The average Bonchev–Trinajstić information content (AvgIpc) is 2.03. The third-order valence-corrected chi connectivity index (χ3v) is 1.94. The molecule has 1 aliphatic carbocycles. The van der Waals surface area contributed by atoms with E-state index in [0.717, 1.165) is 0 Å². The van der Waals surface area contributed by atoms with Crippen LogP contribution in [-0.4, -0.2) is 27.7 Å². The van der Waals surface area contributed by atoms with Crippen molar-refractivity contribution in [1.82, 2.24) is 0 Å². The molecule has 0 aliphatic heterocycles. The molecule has 5 heteroatoms. The van der Waals surface area contributed by atoms with E-state index in [-0.39, 0.29) is 18.4 Å². The van der Waals surface area contributed by atoms with E-state index in [1.54, 1.807) is 0 Å². The number of allylic oxidation sites excluding steroid dienone is 1. The number of hydrogen-bond donors (Lipinski definition) is 2. The van der Waals surface area contributed by atoms with E-state index in [4.69, 9.17) is 10.2 Å². The van der Waals surface area contributed by atoms with Gasteiger partial charge in [0.1, 0.15) is 0 Å². The van der Waals surface area contributed by atoms with Gasteiger partial charge in [0.15, 0.2) is 11.6 Å². The van der Waals surface area contributed by atoms with Gasteiger partial charge in [-0.1, -0.05) is 0 Å². The van der Waals surface area contributed by atoms with Crippen molar-refractivity contribution in [3.05, 3.63) is 11.8 Å². The topological polar surface area (TPSA) is 91.7 Å². The number of hydrogen-bond acceptors (Lipinski definition) is 4. The first-order valence-corrected chi connectivity index (χ1v) is 3.70. The number of rotatable bonds is 1. The van der Waals surface area contributed by atoms with E-state index in [1.807, 2.05) is 0 Å². The maximum atomic E-state index is 11.0. The van der Waals surface area contributed by atoms with Gasteiger partial charge in [0.2, 0.25) is 0 Å². The molecule has 0 heterocycles. The first-order chi connectivity index (χ1) is 6.06. The summed E-state index contributed by atoms with van der Waals surface area (Å²) in [7, 11) is 0. The maximum Gasteiger partial charge on any atom is 0.307 e. The van der Waals surface area contributed by atoms with Crippen molar-refractivity contribution in [2.45, 2.75) is 12.8 Å². The lowest BCUT2D eigenvalue weighted by Crippen LogP contribution is -2.30. The zero-order valence-corrected chi connectivity index (χ0v) is 6.69. The van der Waals surface area contributed by atoms with Gasteiger partial charge >= 0.3 is 5.97 Å². The Morgan fingerprint density at radius 2 is 1.77 bits per heavy atom. The highest BCUT2D eigenvalue weighted by molar-refractivity contribution is 6.22. The lowest BCUT2D eigenvalue weighted by molar-refractivity contribution is -0.146. The summed E-state index contributed by atoms with van der Waals surface area (Å²) in [6, 6.07) is 0. The van der Waals surface area contributed by atoms with Gasteiger partial charge in [0, 0.05) is 12.8 Å². The Hall–Kier alpha value is -1.65. The lowest BCUT2D eigenvalue weighted by atomic mass is 9.84. The number of carboxylic acid groups (broad SMARTS) is 1. The number of aliphatic hydroxyl groups is 1. The van der Waals surface area contributed by atoms with Crippen molar-refractivity contribution in [1.29, 1.82) is 0 Å². The zero-order valence-electron chi connectivity index (χ0n) is 6.69. The summed E-state index contributed by atoms with van der Waals surface area (Å²) in [6.07, 6.45) is 0.0175. The fourth-order valence-corrected chi connectivity index (χ4v) is 1.21. The molecule has 0 aromatic rings. The van der Waals surface area contributed by atoms with Crippen LogP contribution in [0.5, 0.6) is 0 Å². The second-order valence-electron chi connectivity index (χ2n) is 2.83. The molecular formula is C8H8O5. The van der Waals surface area contributed by atoms with E-state index in [2.05, 4.69) is 0 Å². The monoisotopic (exact) mass is 184 g/mol. The smallest absolute Gasteiger partial charge is 0.307 e. The van der Waals surface area contributed by atoms with Crippen LogP contribution in [0, 0.1) is 5.92 Å². The Morgan fingerprint density at radius 3 is 2.08 bits per heavy atom. The summed E-state index contributed by atoms with van der Waals surface area (Å²) in [6.45, 7) is 0. The molecule has 1 saturated carbocycles. The third-order valence-electron chi connectivity index (χ3n) is 1.94. The minimum Gasteiger partial charge on any atom is -0.515 e. The molecule has 0 spiro atoms. The number of Topliss-reactive ketones (excluding diaryl/α,β-unsaturated/α-hetero) is 2. The quantitative estimate of drug-likeness (QED) is 0.341. The van der Waals surface area contributed by atoms with Gasteiger partial charge in [-0.2, -0.15) is 0 Å². The molecule has 0 amide bonds. The largest absolute Gasteiger partial charge is 0.515 e. The Labute approximate surface area is 73.7 Å². The number of ketones is 2. The van der Waals surface area contributed by atoms with Crippen molar-refractivity contribution < 1.29 is 24.6 Å². The van der Waals surface area contributed by atoms with Gasteiger partial charge in [0.05, 0.1) is 17.8 Å². The lowest BCUT2D eigenvalue weighted by Gasteiger charge is -2.16. The molecule has 0 aromatic heterocycles. The van der Waals surface area contributed by atoms with Crippen molar-refractivity contribution in [3.8, 4) is 0 Å². The Balaban J connectivity index is 2.85. The molecule has 0 atom stereocenters. The summed E-state index contributed by atoms with van der Waals surface area (Å²) in [5, 5.41) is 17.1. The second-order valence-corrected chi connectivity index (χ2v) is 2.83. The number of carboxylic acids is 1. The number of carbonyl (C=O) groups excluding carboxylic acids is 2. The highest BCUT2D eigenvalue weighted by Gasteiger charge is 2.34. The van der Waals surface area contributed by atoms with Crippen LogP contribution in [0.15, 0.2) is 11.8 Å². The van der Waals surface area contributed by atoms with E-state index in [1.165, 1.54) is 0 Å². The van der Waals surface area contributed by atoms with Crippen LogP contribution in [0.2, 0.25) is 0 Å². The van der Waals surface area contributed by atoms with Crippen LogP contribution in [-0.2, 0) is 14.4 Å². The third kappa shape index (κ3) is 1.74. The van der Waals surface area contributed by atoms with Gasteiger partial charge < -0.3 is 10.2 Å². The van der Waals surface area contributed by atoms with Crippen LogP contribution < -0.4 is 0 Å². The Kier molecular flexibility index (Phi) is 2.46. The molecule has 0 saturated heterocycles. The molecule has 1 fully saturated rings. The normalized spacial score (nSPS) is 23.1. The summed E-state index contributed by atoms with van der Waals surface area (Å²) in [4.78, 5) is 32.5. The second kappa shape index (κ2) is 3.38. The van der Waals surface area contributed by atoms with Gasteiger partial charge in [-0.3, -0.25) is 14.4 Å². The van der Waals surface area contributed by atoms with E-state index in [0.29, 0.717) is 6.26 Å². The molecule has 0 unspecified atom stereocenters. The van der Waals surface area contributed by atoms with Gasteiger partial charge in [-0.15, -0.1) is 0 Å². The fraction of sp³-hybridized carbons (Fsp3) is 0.375. The number of carbonyl (C=O) groups is 3. The van der Waals surface area contributed by atoms with E-state index < -0.39 is 23.5 Å². The van der Waals surface area contributed by atoms with E-state index >= 15 is 0 Å². The first kappa shape index (κ1) is 9.44. The molecule has 5 nitrogen and oxygen atoms in total. The number of aliphatic carboxylic acids is 1. The fourth-order valence-electron chi connectivity index (χ4n) is 1.21. The average molecular weight is 184 g/mol. The van der Waals surface area contributed by atoms with Crippen molar-refractivity contribution in [3.63, 3.8) is 0 Å². The molecular weight excluding hydrogens is 176 g/mol. The molecule has 2 N–H and O–H groups in total. The molecule has 13 heavy (non-hydrogen) atoms. The SMILES string of the molecule is O=C1CC(C(=O)O)CC(=O)C1=CO. The Morgan fingerprint density at radius 1 is 1.31 bits per heavy atom. The van der Waals surface area contributed by atoms with Crippen LogP contribution in [0.4, 0.5) is 0 Å². The van der Waals surface area contributed by atoms with Gasteiger partial charge in [-0.25, -0.2) is 0 Å². The molecule has 0 radical (unpaired) electrons. The highest BCUT2D eigenvalue weighted by Crippen LogP contribution is 2.22. The molecule has 1 rings (SSSR count). The number of aliphatic hydroxyl groups excluding tert-OH is 1. The first-order valence-electron chi connectivity index (χ1n) is 3.70. The van der Waals surface area contributed by atoms with Crippen molar-refractivity contribution in [2.75, 3.05) is 0 Å². The highest BCUT2D eigenvalue weighted by atomic mass is 16.4. The van der Waals surface area contributed by atoms with Gasteiger partial charge in [-0.05, 0) is 0 Å². The summed E-state index contributed by atoms with van der Waals surface area (Å²) in [5.41, 5.74) is -0.294. The summed E-state index contributed by atoms with van der Waals surface area (Å²) in [5.74, 6) is -3.31. The van der Waals surface area contributed by atoms with Gasteiger partial charge in [0.25, 0.3) is 0 Å².